The summed E-state index contributed by atoms with van der Waals surface area (Å²) in [4.78, 5) is 14.0. The molecule has 2 rings (SSSR count). The van der Waals surface area contributed by atoms with Crippen molar-refractivity contribution < 1.29 is 9.53 Å². The van der Waals surface area contributed by atoms with Crippen LogP contribution in [0.15, 0.2) is 6.07 Å². The quantitative estimate of drug-likeness (QED) is 0.699. The van der Waals surface area contributed by atoms with Crippen LogP contribution < -0.4 is 0 Å². The van der Waals surface area contributed by atoms with Gasteiger partial charge < -0.3 is 4.74 Å². The Morgan fingerprint density at radius 2 is 2.00 bits per heavy atom. The lowest BCUT2D eigenvalue weighted by atomic mass is 9.99. The van der Waals surface area contributed by atoms with E-state index in [0.717, 1.165) is 17.7 Å². The highest BCUT2D eigenvalue weighted by atomic mass is 32.1. The van der Waals surface area contributed by atoms with E-state index in [1.807, 2.05) is 26.8 Å². The minimum Gasteiger partial charge on any atom is -0.456 e. The number of aryl methyl sites for hydroxylation is 2. The highest BCUT2D eigenvalue weighted by Crippen LogP contribution is 2.30. The maximum Gasteiger partial charge on any atom is 0.348 e. The smallest absolute Gasteiger partial charge is 0.348 e. The van der Waals surface area contributed by atoms with E-state index in [1.165, 1.54) is 23.3 Å². The van der Waals surface area contributed by atoms with E-state index in [2.05, 4.69) is 0 Å². The summed E-state index contributed by atoms with van der Waals surface area (Å²) in [6.45, 7) is 5.70. The van der Waals surface area contributed by atoms with Crippen molar-refractivity contribution in [3.63, 3.8) is 0 Å². The van der Waals surface area contributed by atoms with E-state index < -0.39 is 5.60 Å². The lowest BCUT2D eigenvalue weighted by Crippen LogP contribution is -2.23. The van der Waals surface area contributed by atoms with E-state index in [1.54, 1.807) is 11.3 Å². The number of hydrogen-bond donors (Lipinski definition) is 0. The second kappa shape index (κ2) is 4.21. The molecule has 0 aromatic carbocycles. The minimum absolute atomic E-state index is 0.174. The molecule has 88 valence electrons. The van der Waals surface area contributed by atoms with Crippen LogP contribution in [-0.4, -0.2) is 11.6 Å². The molecule has 1 aliphatic carbocycles. The molecule has 0 aliphatic heterocycles. The Morgan fingerprint density at radius 1 is 1.31 bits per heavy atom. The van der Waals surface area contributed by atoms with Crippen LogP contribution in [0.4, 0.5) is 0 Å². The molecule has 16 heavy (non-hydrogen) atoms. The summed E-state index contributed by atoms with van der Waals surface area (Å²) in [6.07, 6.45) is 4.75. The van der Waals surface area contributed by atoms with E-state index in [0.29, 0.717) is 0 Å². The zero-order chi connectivity index (χ0) is 11.8. The standard InChI is InChI=1S/C13H18O2S/c1-13(2,3)15-12(14)11-8-9-6-4-5-7-10(9)16-11/h8H,4-7H2,1-3H3. The third-order valence-corrected chi connectivity index (χ3v) is 3.81. The molecule has 2 nitrogen and oxygen atoms in total. The Kier molecular flexibility index (Phi) is 3.06. The molecule has 1 aliphatic rings. The molecular formula is C13H18O2S. The third kappa shape index (κ3) is 2.64. The minimum atomic E-state index is -0.401. The van der Waals surface area contributed by atoms with Gasteiger partial charge in [-0.1, -0.05) is 0 Å². The van der Waals surface area contributed by atoms with Crippen molar-refractivity contribution in [1.29, 1.82) is 0 Å². The van der Waals surface area contributed by atoms with Crippen LogP contribution in [0, 0.1) is 0 Å². The van der Waals surface area contributed by atoms with Gasteiger partial charge in [0.25, 0.3) is 0 Å². The number of fused-ring (bicyclic) bond motifs is 1. The van der Waals surface area contributed by atoms with E-state index in [9.17, 15) is 4.79 Å². The van der Waals surface area contributed by atoms with Gasteiger partial charge in [0, 0.05) is 4.88 Å². The van der Waals surface area contributed by atoms with Crippen molar-refractivity contribution in [1.82, 2.24) is 0 Å². The number of ether oxygens (including phenoxy) is 1. The Morgan fingerprint density at radius 3 is 2.62 bits per heavy atom. The van der Waals surface area contributed by atoms with Crippen LogP contribution in [0.2, 0.25) is 0 Å². The average molecular weight is 238 g/mol. The van der Waals surface area contributed by atoms with Gasteiger partial charge in [-0.25, -0.2) is 4.79 Å². The van der Waals surface area contributed by atoms with Gasteiger partial charge in [0.1, 0.15) is 10.5 Å². The molecule has 1 aromatic rings. The second-order valence-corrected chi connectivity index (χ2v) is 6.40. The lowest BCUT2D eigenvalue weighted by molar-refractivity contribution is 0.00752. The number of hydrogen-bond acceptors (Lipinski definition) is 3. The van der Waals surface area contributed by atoms with Crippen LogP contribution in [0.25, 0.3) is 0 Å². The summed E-state index contributed by atoms with van der Waals surface area (Å²) in [5, 5.41) is 0. The maximum absolute atomic E-state index is 11.9. The summed E-state index contributed by atoms with van der Waals surface area (Å²) in [5.74, 6) is -0.174. The zero-order valence-corrected chi connectivity index (χ0v) is 10.9. The molecule has 0 spiro atoms. The number of rotatable bonds is 1. The first-order valence-corrected chi connectivity index (χ1v) is 6.62. The van der Waals surface area contributed by atoms with Crippen LogP contribution in [-0.2, 0) is 17.6 Å². The molecule has 3 heteroatoms. The molecule has 0 saturated heterocycles. The normalized spacial score (nSPS) is 15.7. The summed E-state index contributed by atoms with van der Waals surface area (Å²) in [5.41, 5.74) is 0.957. The first-order valence-electron chi connectivity index (χ1n) is 5.81. The third-order valence-electron chi connectivity index (χ3n) is 2.60. The molecule has 0 radical (unpaired) electrons. The number of esters is 1. The maximum atomic E-state index is 11.9. The molecule has 1 heterocycles. The highest BCUT2D eigenvalue weighted by molar-refractivity contribution is 7.14. The lowest BCUT2D eigenvalue weighted by Gasteiger charge is -2.18. The Hall–Kier alpha value is -0.830. The van der Waals surface area contributed by atoms with Crippen molar-refractivity contribution in [2.75, 3.05) is 0 Å². The summed E-state index contributed by atoms with van der Waals surface area (Å²) in [6, 6.07) is 2.02. The fraction of sp³-hybridized carbons (Fsp3) is 0.615. The van der Waals surface area contributed by atoms with Gasteiger partial charge in [0.05, 0.1) is 0 Å². The molecule has 0 fully saturated rings. The van der Waals surface area contributed by atoms with Gasteiger partial charge in [-0.3, -0.25) is 0 Å². The predicted molar refractivity (Wildman–Crippen MR) is 66.1 cm³/mol. The predicted octanol–water partition coefficient (Wildman–Crippen LogP) is 3.58. The summed E-state index contributed by atoms with van der Waals surface area (Å²) in [7, 11) is 0. The van der Waals surface area contributed by atoms with Crippen LogP contribution in [0.5, 0.6) is 0 Å². The van der Waals surface area contributed by atoms with Gasteiger partial charge in [0.15, 0.2) is 0 Å². The van der Waals surface area contributed by atoms with Crippen molar-refractivity contribution in [2.24, 2.45) is 0 Å². The molecule has 0 atom stereocenters. The number of thiophene rings is 1. The average Bonchev–Trinajstić information content (AvgIpc) is 2.58. The van der Waals surface area contributed by atoms with E-state index in [4.69, 9.17) is 4.74 Å². The second-order valence-electron chi connectivity index (χ2n) is 5.27. The fourth-order valence-electron chi connectivity index (χ4n) is 1.92. The molecule has 0 amide bonds. The van der Waals surface area contributed by atoms with Crippen molar-refractivity contribution >= 4 is 17.3 Å². The largest absolute Gasteiger partial charge is 0.456 e. The highest BCUT2D eigenvalue weighted by Gasteiger charge is 2.22. The van der Waals surface area contributed by atoms with Gasteiger partial charge in [-0.05, 0) is 58.1 Å². The van der Waals surface area contributed by atoms with Crippen molar-refractivity contribution in [3.05, 3.63) is 21.4 Å². The molecule has 0 saturated carbocycles. The SMILES string of the molecule is CC(C)(C)OC(=O)c1cc2c(s1)CCCC2. The van der Waals surface area contributed by atoms with Gasteiger partial charge in [0.2, 0.25) is 0 Å². The molecule has 1 aromatic heterocycles. The Balaban J connectivity index is 2.15. The monoisotopic (exact) mass is 238 g/mol. The van der Waals surface area contributed by atoms with Gasteiger partial charge in [-0.15, -0.1) is 11.3 Å². The molecule has 0 bridgehead atoms. The molecule has 0 unspecified atom stereocenters. The van der Waals surface area contributed by atoms with Crippen LogP contribution in [0.3, 0.4) is 0 Å². The fourth-order valence-corrected chi connectivity index (χ4v) is 3.05. The Labute approximate surface area is 101 Å². The van der Waals surface area contributed by atoms with Crippen LogP contribution in [0.1, 0.15) is 53.7 Å². The number of carbonyl (C=O) groups excluding carboxylic acids is 1. The molecule has 0 N–H and O–H groups in total. The summed E-state index contributed by atoms with van der Waals surface area (Å²) < 4.78 is 5.37. The Bertz CT molecular complexity index is 375. The summed E-state index contributed by atoms with van der Waals surface area (Å²) >= 11 is 1.61. The van der Waals surface area contributed by atoms with Gasteiger partial charge in [-0.2, -0.15) is 0 Å². The van der Waals surface area contributed by atoms with E-state index >= 15 is 0 Å². The topological polar surface area (TPSA) is 26.3 Å². The first kappa shape index (κ1) is 11.6. The first-order chi connectivity index (χ1) is 7.46. The van der Waals surface area contributed by atoms with Crippen LogP contribution >= 0.6 is 11.3 Å². The van der Waals surface area contributed by atoms with Gasteiger partial charge >= 0.3 is 5.97 Å². The van der Waals surface area contributed by atoms with Crippen molar-refractivity contribution in [2.45, 2.75) is 52.1 Å². The zero-order valence-electron chi connectivity index (χ0n) is 10.1. The molecular weight excluding hydrogens is 220 g/mol. The van der Waals surface area contributed by atoms with E-state index in [-0.39, 0.29) is 5.97 Å². The number of carbonyl (C=O) groups is 1. The van der Waals surface area contributed by atoms with Crippen molar-refractivity contribution in [3.8, 4) is 0 Å².